The summed E-state index contributed by atoms with van der Waals surface area (Å²) in [5.41, 5.74) is 1.20. The number of hydrogen-bond acceptors (Lipinski definition) is 2. The van der Waals surface area contributed by atoms with Crippen LogP contribution in [0.15, 0.2) is 17.7 Å². The molecule has 1 aromatic carbocycles. The van der Waals surface area contributed by atoms with E-state index in [2.05, 4.69) is 0 Å². The van der Waals surface area contributed by atoms with Gasteiger partial charge in [-0.15, -0.1) is 0 Å². The van der Waals surface area contributed by atoms with Crippen molar-refractivity contribution in [2.24, 2.45) is 0 Å². The largest absolute Gasteiger partial charge is 0.478 e. The maximum atomic E-state index is 13.6. The van der Waals surface area contributed by atoms with Crippen molar-refractivity contribution >= 4 is 12.0 Å². The van der Waals surface area contributed by atoms with Crippen molar-refractivity contribution in [3.8, 4) is 5.75 Å². The van der Waals surface area contributed by atoms with Gasteiger partial charge >= 0.3 is 11.9 Å². The van der Waals surface area contributed by atoms with Gasteiger partial charge in [-0.2, -0.15) is 8.78 Å². The number of ether oxygens (including phenoxy) is 1. The predicted octanol–water partition coefficient (Wildman–Crippen LogP) is 3.14. The maximum Gasteiger partial charge on any atom is 0.335 e. The molecule has 0 amide bonds. The molecule has 1 aliphatic rings. The average molecular weight is 286 g/mol. The van der Waals surface area contributed by atoms with E-state index in [0.717, 1.165) is 11.6 Å². The van der Waals surface area contributed by atoms with Gasteiger partial charge in [0.15, 0.2) is 12.8 Å². The Morgan fingerprint density at radius 2 is 2.05 bits per heavy atom. The smallest absolute Gasteiger partial charge is 0.335 e. The number of rotatable bonds is 3. The fraction of sp³-hybridized carbons (Fsp3) is 0.357. The fourth-order valence-corrected chi connectivity index (χ4v) is 2.06. The molecule has 0 fully saturated rings. The number of aryl methyl sites for hydroxylation is 1. The van der Waals surface area contributed by atoms with E-state index in [4.69, 9.17) is 9.84 Å². The SMILES string of the molecule is Cc1ccc2c(c1C)OC(C(F)(F)CF)C(C(=O)O)=C2. The summed E-state index contributed by atoms with van der Waals surface area (Å²) in [5, 5.41) is 9.01. The standard InChI is InChI=1S/C14H13F3O3/c1-7-3-4-9-5-10(13(18)19)12(14(16,17)6-15)20-11(9)8(7)2/h3-5,12H,6H2,1-2H3,(H,18,19). The molecular weight excluding hydrogens is 273 g/mol. The monoisotopic (exact) mass is 286 g/mol. The molecule has 0 saturated carbocycles. The molecule has 1 heterocycles. The second-order valence-electron chi connectivity index (χ2n) is 4.72. The second kappa shape index (κ2) is 4.85. The first-order chi connectivity index (χ1) is 9.27. The van der Waals surface area contributed by atoms with Gasteiger partial charge in [0, 0.05) is 5.56 Å². The van der Waals surface area contributed by atoms with Crippen LogP contribution >= 0.6 is 0 Å². The molecule has 0 bridgehead atoms. The van der Waals surface area contributed by atoms with E-state index in [0.29, 0.717) is 11.1 Å². The first-order valence-electron chi connectivity index (χ1n) is 5.93. The van der Waals surface area contributed by atoms with Gasteiger partial charge in [0.1, 0.15) is 5.75 Å². The van der Waals surface area contributed by atoms with Crippen molar-refractivity contribution in [2.45, 2.75) is 25.9 Å². The highest BCUT2D eigenvalue weighted by Gasteiger charge is 2.48. The van der Waals surface area contributed by atoms with Crippen molar-refractivity contribution in [1.82, 2.24) is 0 Å². The van der Waals surface area contributed by atoms with Crippen LogP contribution in [0.5, 0.6) is 5.75 Å². The molecular formula is C14H13F3O3. The molecule has 0 aliphatic carbocycles. The van der Waals surface area contributed by atoms with Crippen LogP contribution in [0.4, 0.5) is 13.2 Å². The summed E-state index contributed by atoms with van der Waals surface area (Å²) < 4.78 is 44.8. The highest BCUT2D eigenvalue weighted by molar-refractivity contribution is 5.95. The van der Waals surface area contributed by atoms with Gasteiger partial charge in [0.05, 0.1) is 5.57 Å². The van der Waals surface area contributed by atoms with Crippen LogP contribution < -0.4 is 4.74 Å². The zero-order valence-electron chi connectivity index (χ0n) is 10.9. The molecule has 2 rings (SSSR count). The van der Waals surface area contributed by atoms with Gasteiger partial charge in [-0.25, -0.2) is 9.18 Å². The minimum Gasteiger partial charge on any atom is -0.478 e. The van der Waals surface area contributed by atoms with Gasteiger partial charge in [0.2, 0.25) is 0 Å². The quantitative estimate of drug-likeness (QED) is 0.928. The number of carboxylic acid groups (broad SMARTS) is 1. The lowest BCUT2D eigenvalue weighted by Gasteiger charge is -2.31. The lowest BCUT2D eigenvalue weighted by Crippen LogP contribution is -2.44. The van der Waals surface area contributed by atoms with E-state index in [1.165, 1.54) is 0 Å². The Hall–Kier alpha value is -1.98. The summed E-state index contributed by atoms with van der Waals surface area (Å²) in [4.78, 5) is 11.1. The Balaban J connectivity index is 2.59. The topological polar surface area (TPSA) is 46.5 Å². The maximum absolute atomic E-state index is 13.6. The van der Waals surface area contributed by atoms with E-state index in [1.807, 2.05) is 0 Å². The number of hydrogen-bond donors (Lipinski definition) is 1. The minimum absolute atomic E-state index is 0.174. The summed E-state index contributed by atoms with van der Waals surface area (Å²) in [6.07, 6.45) is -1.01. The third kappa shape index (κ3) is 2.26. The molecule has 3 nitrogen and oxygen atoms in total. The van der Waals surface area contributed by atoms with E-state index in [-0.39, 0.29) is 5.75 Å². The number of aliphatic carboxylic acids is 1. The van der Waals surface area contributed by atoms with Crippen LogP contribution in [0.1, 0.15) is 16.7 Å². The Bertz CT molecular complexity index is 594. The lowest BCUT2D eigenvalue weighted by molar-refractivity contribution is -0.139. The average Bonchev–Trinajstić information content (AvgIpc) is 2.41. The minimum atomic E-state index is -3.89. The third-order valence-electron chi connectivity index (χ3n) is 3.35. The number of alkyl halides is 3. The molecule has 1 N–H and O–H groups in total. The highest BCUT2D eigenvalue weighted by atomic mass is 19.3. The van der Waals surface area contributed by atoms with Crippen LogP contribution in [-0.4, -0.2) is 29.8 Å². The molecule has 1 aromatic rings. The van der Waals surface area contributed by atoms with Crippen molar-refractivity contribution in [2.75, 3.05) is 6.67 Å². The van der Waals surface area contributed by atoms with Crippen LogP contribution in [-0.2, 0) is 4.79 Å². The summed E-state index contributed by atoms with van der Waals surface area (Å²) in [7, 11) is 0. The van der Waals surface area contributed by atoms with Crippen molar-refractivity contribution < 1.29 is 27.8 Å². The van der Waals surface area contributed by atoms with Crippen LogP contribution in [0, 0.1) is 13.8 Å². The summed E-state index contributed by atoms with van der Waals surface area (Å²) in [6, 6.07) is 3.32. The Morgan fingerprint density at radius 1 is 1.40 bits per heavy atom. The zero-order valence-corrected chi connectivity index (χ0v) is 10.9. The number of fused-ring (bicyclic) bond motifs is 1. The molecule has 1 unspecified atom stereocenters. The van der Waals surface area contributed by atoms with Crippen LogP contribution in [0.2, 0.25) is 0 Å². The molecule has 0 radical (unpaired) electrons. The van der Waals surface area contributed by atoms with Gasteiger partial charge in [0.25, 0.3) is 0 Å². The normalized spacial score (nSPS) is 18.1. The van der Waals surface area contributed by atoms with Crippen LogP contribution in [0.3, 0.4) is 0 Å². The van der Waals surface area contributed by atoms with Gasteiger partial charge in [-0.3, -0.25) is 0 Å². The molecule has 20 heavy (non-hydrogen) atoms. The molecule has 0 aromatic heterocycles. The summed E-state index contributed by atoms with van der Waals surface area (Å²) in [5.74, 6) is -5.27. The number of carbonyl (C=O) groups is 1. The molecule has 6 heteroatoms. The van der Waals surface area contributed by atoms with Gasteiger partial charge in [-0.1, -0.05) is 12.1 Å². The Kier molecular flexibility index (Phi) is 3.50. The van der Waals surface area contributed by atoms with E-state index in [9.17, 15) is 18.0 Å². The van der Waals surface area contributed by atoms with Gasteiger partial charge < -0.3 is 9.84 Å². The van der Waals surface area contributed by atoms with Crippen LogP contribution in [0.25, 0.3) is 6.08 Å². The third-order valence-corrected chi connectivity index (χ3v) is 3.35. The van der Waals surface area contributed by atoms with E-state index in [1.54, 1.807) is 26.0 Å². The predicted molar refractivity (Wildman–Crippen MR) is 66.9 cm³/mol. The van der Waals surface area contributed by atoms with Crippen molar-refractivity contribution in [3.05, 3.63) is 34.4 Å². The molecule has 1 aliphatic heterocycles. The first kappa shape index (κ1) is 14.4. The molecule has 1 atom stereocenters. The van der Waals surface area contributed by atoms with E-state index < -0.39 is 30.2 Å². The summed E-state index contributed by atoms with van der Waals surface area (Å²) >= 11 is 0. The number of carboxylic acids is 1. The lowest BCUT2D eigenvalue weighted by atomic mass is 9.95. The van der Waals surface area contributed by atoms with Crippen molar-refractivity contribution in [1.29, 1.82) is 0 Å². The zero-order chi connectivity index (χ0) is 15.1. The fourth-order valence-electron chi connectivity index (χ4n) is 2.06. The number of halogens is 3. The number of benzene rings is 1. The van der Waals surface area contributed by atoms with Crippen molar-refractivity contribution in [3.63, 3.8) is 0 Å². The first-order valence-corrected chi connectivity index (χ1v) is 5.93. The van der Waals surface area contributed by atoms with Gasteiger partial charge in [-0.05, 0) is 31.1 Å². The Morgan fingerprint density at radius 3 is 2.60 bits per heavy atom. The Labute approximate surface area is 113 Å². The molecule has 108 valence electrons. The molecule has 0 spiro atoms. The summed E-state index contributed by atoms with van der Waals surface area (Å²) in [6.45, 7) is 1.47. The highest BCUT2D eigenvalue weighted by Crippen LogP contribution is 2.39. The second-order valence-corrected chi connectivity index (χ2v) is 4.72. The van der Waals surface area contributed by atoms with E-state index >= 15 is 0 Å². The molecule has 0 saturated heterocycles.